The van der Waals surface area contributed by atoms with Crippen molar-refractivity contribution in [1.82, 2.24) is 15.1 Å². The highest BCUT2D eigenvalue weighted by atomic mass is 16.5. The summed E-state index contributed by atoms with van der Waals surface area (Å²) in [7, 11) is 0. The normalized spacial score (nSPS) is 10.9. The molecule has 2 heterocycles. The maximum absolute atomic E-state index is 4.66. The molecule has 0 aromatic carbocycles. The fourth-order valence-corrected chi connectivity index (χ4v) is 1.43. The molecule has 78 valence electrons. The third-order valence-corrected chi connectivity index (χ3v) is 2.06. The number of aromatic nitrogens is 3. The van der Waals surface area contributed by atoms with E-state index < -0.39 is 0 Å². The lowest BCUT2D eigenvalue weighted by Crippen LogP contribution is -1.95. The molecule has 0 amide bonds. The molecule has 15 heavy (non-hydrogen) atoms. The average molecular weight is 203 g/mol. The molecule has 0 radical (unpaired) electrons. The Morgan fingerprint density at radius 2 is 2.13 bits per heavy atom. The van der Waals surface area contributed by atoms with Crippen LogP contribution in [-0.2, 0) is 6.42 Å². The van der Waals surface area contributed by atoms with E-state index in [0.717, 1.165) is 12.1 Å². The SMILES string of the molecule is CC(C)Cc1ccc(-c2ncon2)nc1. The first-order chi connectivity index (χ1) is 7.25. The van der Waals surface area contributed by atoms with Crippen molar-refractivity contribution in [2.45, 2.75) is 20.3 Å². The van der Waals surface area contributed by atoms with E-state index in [1.54, 1.807) is 0 Å². The van der Waals surface area contributed by atoms with Crippen LogP contribution in [0.4, 0.5) is 0 Å². The Kier molecular flexibility index (Phi) is 2.76. The number of rotatable bonds is 3. The first-order valence-electron chi connectivity index (χ1n) is 4.97. The van der Waals surface area contributed by atoms with Crippen molar-refractivity contribution in [3.8, 4) is 11.5 Å². The molecular formula is C11H13N3O. The number of hydrogen-bond acceptors (Lipinski definition) is 4. The zero-order valence-electron chi connectivity index (χ0n) is 8.84. The lowest BCUT2D eigenvalue weighted by molar-refractivity contribution is 0.418. The summed E-state index contributed by atoms with van der Waals surface area (Å²) in [5.74, 6) is 1.17. The first kappa shape index (κ1) is 9.83. The molecule has 2 rings (SSSR count). The van der Waals surface area contributed by atoms with E-state index in [9.17, 15) is 0 Å². The molecule has 0 aliphatic heterocycles. The summed E-state index contributed by atoms with van der Waals surface area (Å²) < 4.78 is 4.66. The first-order valence-corrected chi connectivity index (χ1v) is 4.97. The van der Waals surface area contributed by atoms with Crippen LogP contribution in [0, 0.1) is 5.92 Å². The summed E-state index contributed by atoms with van der Waals surface area (Å²) in [5, 5.41) is 3.73. The molecule has 4 heteroatoms. The lowest BCUT2D eigenvalue weighted by atomic mass is 10.0. The summed E-state index contributed by atoms with van der Waals surface area (Å²) in [5.41, 5.74) is 1.98. The van der Waals surface area contributed by atoms with E-state index in [0.29, 0.717) is 11.7 Å². The molecule has 2 aromatic rings. The van der Waals surface area contributed by atoms with Gasteiger partial charge in [0.15, 0.2) is 0 Å². The van der Waals surface area contributed by atoms with Crippen LogP contribution >= 0.6 is 0 Å². The summed E-state index contributed by atoms with van der Waals surface area (Å²) in [4.78, 5) is 8.23. The molecule has 0 unspecified atom stereocenters. The minimum Gasteiger partial charge on any atom is -0.342 e. The van der Waals surface area contributed by atoms with Crippen molar-refractivity contribution in [2.24, 2.45) is 5.92 Å². The standard InChI is InChI=1S/C11H13N3O/c1-8(2)5-9-3-4-10(12-6-9)11-13-7-15-14-11/h3-4,6-8H,5H2,1-2H3. The molecule has 0 spiro atoms. The zero-order valence-corrected chi connectivity index (χ0v) is 8.84. The molecule has 0 bridgehead atoms. The van der Waals surface area contributed by atoms with E-state index in [4.69, 9.17) is 0 Å². The maximum atomic E-state index is 4.66. The summed E-state index contributed by atoms with van der Waals surface area (Å²) in [6, 6.07) is 3.97. The van der Waals surface area contributed by atoms with Crippen LogP contribution in [0.1, 0.15) is 19.4 Å². The second kappa shape index (κ2) is 4.21. The molecule has 0 atom stereocenters. The van der Waals surface area contributed by atoms with Gasteiger partial charge in [-0.15, -0.1) is 0 Å². The van der Waals surface area contributed by atoms with Crippen molar-refractivity contribution in [2.75, 3.05) is 0 Å². The van der Waals surface area contributed by atoms with Crippen LogP contribution in [0.25, 0.3) is 11.5 Å². The minimum atomic E-state index is 0.533. The molecule has 4 nitrogen and oxygen atoms in total. The van der Waals surface area contributed by atoms with Crippen molar-refractivity contribution in [1.29, 1.82) is 0 Å². The van der Waals surface area contributed by atoms with Crippen molar-refractivity contribution >= 4 is 0 Å². The van der Waals surface area contributed by atoms with Gasteiger partial charge in [0.05, 0.1) is 0 Å². The van der Waals surface area contributed by atoms with Gasteiger partial charge in [-0.2, -0.15) is 4.98 Å². The Balaban J connectivity index is 2.17. The van der Waals surface area contributed by atoms with E-state index in [-0.39, 0.29) is 0 Å². The highest BCUT2D eigenvalue weighted by Gasteiger charge is 2.04. The molecule has 2 aromatic heterocycles. The van der Waals surface area contributed by atoms with E-state index in [2.05, 4.69) is 39.6 Å². The third kappa shape index (κ3) is 2.40. The summed E-state index contributed by atoms with van der Waals surface area (Å²) >= 11 is 0. The van der Waals surface area contributed by atoms with Gasteiger partial charge >= 0.3 is 0 Å². The molecule has 0 aliphatic rings. The highest BCUT2D eigenvalue weighted by Crippen LogP contribution is 2.13. The van der Waals surface area contributed by atoms with Gasteiger partial charge < -0.3 is 4.52 Å². The molecule has 0 saturated heterocycles. The smallest absolute Gasteiger partial charge is 0.220 e. The van der Waals surface area contributed by atoms with Crippen LogP contribution in [0.15, 0.2) is 29.2 Å². The number of nitrogens with zero attached hydrogens (tertiary/aromatic N) is 3. The van der Waals surface area contributed by atoms with Crippen LogP contribution in [0.2, 0.25) is 0 Å². The second-order valence-corrected chi connectivity index (χ2v) is 3.90. The van der Waals surface area contributed by atoms with Crippen molar-refractivity contribution in [3.63, 3.8) is 0 Å². The predicted octanol–water partition coefficient (Wildman–Crippen LogP) is 2.33. The Morgan fingerprint density at radius 3 is 2.67 bits per heavy atom. The fraction of sp³-hybridized carbons (Fsp3) is 0.364. The minimum absolute atomic E-state index is 0.533. The van der Waals surface area contributed by atoms with E-state index >= 15 is 0 Å². The Bertz CT molecular complexity index is 406. The van der Waals surface area contributed by atoms with Crippen LogP contribution in [-0.4, -0.2) is 15.1 Å². The van der Waals surface area contributed by atoms with Gasteiger partial charge in [-0.25, -0.2) is 0 Å². The van der Waals surface area contributed by atoms with Gasteiger partial charge in [-0.05, 0) is 24.0 Å². The van der Waals surface area contributed by atoms with Gasteiger partial charge in [0, 0.05) is 6.20 Å². The zero-order chi connectivity index (χ0) is 10.7. The van der Waals surface area contributed by atoms with Crippen molar-refractivity contribution in [3.05, 3.63) is 30.3 Å². The fourth-order valence-electron chi connectivity index (χ4n) is 1.43. The van der Waals surface area contributed by atoms with Crippen molar-refractivity contribution < 1.29 is 4.52 Å². The number of hydrogen-bond donors (Lipinski definition) is 0. The molecule has 0 N–H and O–H groups in total. The Labute approximate surface area is 88.4 Å². The Hall–Kier alpha value is -1.71. The molecule has 0 fully saturated rings. The summed E-state index contributed by atoms with van der Waals surface area (Å²) in [6.45, 7) is 4.38. The largest absolute Gasteiger partial charge is 0.342 e. The van der Waals surface area contributed by atoms with Gasteiger partial charge in [0.1, 0.15) is 5.69 Å². The highest BCUT2D eigenvalue weighted by molar-refractivity contribution is 5.47. The van der Waals surface area contributed by atoms with Gasteiger partial charge in [0.25, 0.3) is 0 Å². The maximum Gasteiger partial charge on any atom is 0.220 e. The quantitative estimate of drug-likeness (QED) is 0.768. The summed E-state index contributed by atoms with van der Waals surface area (Å²) in [6.07, 6.45) is 4.21. The third-order valence-electron chi connectivity index (χ3n) is 2.06. The number of pyridine rings is 1. The topological polar surface area (TPSA) is 51.8 Å². The van der Waals surface area contributed by atoms with E-state index in [1.165, 1.54) is 12.0 Å². The van der Waals surface area contributed by atoms with Crippen LogP contribution < -0.4 is 0 Å². The van der Waals surface area contributed by atoms with Gasteiger partial charge in [-0.3, -0.25) is 4.98 Å². The Morgan fingerprint density at radius 1 is 1.27 bits per heavy atom. The van der Waals surface area contributed by atoms with E-state index in [1.807, 2.05) is 12.3 Å². The van der Waals surface area contributed by atoms with Crippen LogP contribution in [0.5, 0.6) is 0 Å². The average Bonchev–Trinajstić information content (AvgIpc) is 2.71. The second-order valence-electron chi connectivity index (χ2n) is 3.90. The lowest BCUT2D eigenvalue weighted by Gasteiger charge is -2.03. The molecule has 0 aliphatic carbocycles. The monoisotopic (exact) mass is 203 g/mol. The van der Waals surface area contributed by atoms with Gasteiger partial charge in [-0.1, -0.05) is 25.1 Å². The van der Waals surface area contributed by atoms with Gasteiger partial charge in [0.2, 0.25) is 12.2 Å². The van der Waals surface area contributed by atoms with Crippen LogP contribution in [0.3, 0.4) is 0 Å². The molecule has 0 saturated carbocycles. The molecular weight excluding hydrogens is 190 g/mol. The predicted molar refractivity (Wildman–Crippen MR) is 56.1 cm³/mol.